The van der Waals surface area contributed by atoms with Crippen LogP contribution < -0.4 is 5.19 Å². The fourth-order valence-corrected chi connectivity index (χ4v) is 4.13. The molecule has 0 aliphatic rings. The Morgan fingerprint density at radius 2 is 1.30 bits per heavy atom. The van der Waals surface area contributed by atoms with Gasteiger partial charge >= 0.3 is 9.28 Å². The van der Waals surface area contributed by atoms with Crippen LogP contribution >= 0.6 is 0 Å². The molecule has 0 aliphatic heterocycles. The summed E-state index contributed by atoms with van der Waals surface area (Å²) in [5, 5.41) is 1.03. The molecule has 0 bridgehead atoms. The highest BCUT2D eigenvalue weighted by Gasteiger charge is 2.16. The topological polar surface area (TPSA) is 18.5 Å². The van der Waals surface area contributed by atoms with E-state index in [9.17, 15) is 8.78 Å². The molecule has 0 fully saturated rings. The van der Waals surface area contributed by atoms with Crippen molar-refractivity contribution in [3.8, 4) is 11.1 Å². The van der Waals surface area contributed by atoms with Gasteiger partial charge < -0.3 is 8.85 Å². The predicted octanol–water partition coefficient (Wildman–Crippen LogP) is 3.91. The van der Waals surface area contributed by atoms with Crippen LogP contribution in [0.2, 0.25) is 0 Å². The molecule has 2 aromatic rings. The van der Waals surface area contributed by atoms with Gasteiger partial charge in [-0.1, -0.05) is 38.1 Å². The van der Waals surface area contributed by atoms with Crippen LogP contribution in [0.1, 0.15) is 26.7 Å². The number of benzene rings is 2. The van der Waals surface area contributed by atoms with E-state index in [1.54, 1.807) is 0 Å². The van der Waals surface area contributed by atoms with E-state index < -0.39 is 20.9 Å². The Hall–Kier alpha value is -1.56. The van der Waals surface area contributed by atoms with E-state index in [2.05, 4.69) is 13.8 Å². The largest absolute Gasteiger partial charge is 0.393 e. The molecule has 0 saturated carbocycles. The van der Waals surface area contributed by atoms with Gasteiger partial charge in [0.15, 0.2) is 0 Å². The summed E-state index contributed by atoms with van der Waals surface area (Å²) >= 11 is 0. The lowest BCUT2D eigenvalue weighted by molar-refractivity contribution is 0.207. The number of rotatable bonds is 8. The van der Waals surface area contributed by atoms with Gasteiger partial charge in [0.05, 0.1) is 0 Å². The van der Waals surface area contributed by atoms with Crippen molar-refractivity contribution in [2.45, 2.75) is 26.7 Å². The summed E-state index contributed by atoms with van der Waals surface area (Å²) in [6.07, 6.45) is 1.89. The standard InChI is InChI=1S/C18H22F2O2Si/c1-3-9-21-23(22-10-4-2)18-7-5-14(6-8-18)15-11-16(19)13-17(20)12-15/h5-8,11-13,23H,3-4,9-10H2,1-2H3. The van der Waals surface area contributed by atoms with Gasteiger partial charge in [-0.25, -0.2) is 8.78 Å². The van der Waals surface area contributed by atoms with Gasteiger partial charge in [-0.3, -0.25) is 0 Å². The lowest BCUT2D eigenvalue weighted by atomic mass is 10.1. The molecule has 0 spiro atoms. The van der Waals surface area contributed by atoms with Crippen molar-refractivity contribution in [1.29, 1.82) is 0 Å². The lowest BCUT2D eigenvalue weighted by Crippen LogP contribution is -2.37. The summed E-state index contributed by atoms with van der Waals surface area (Å²) in [7, 11) is -1.91. The summed E-state index contributed by atoms with van der Waals surface area (Å²) < 4.78 is 38.4. The third-order valence-corrected chi connectivity index (χ3v) is 5.33. The molecule has 0 amide bonds. The fourth-order valence-electron chi connectivity index (χ4n) is 2.24. The van der Waals surface area contributed by atoms with Gasteiger partial charge in [0.2, 0.25) is 0 Å². The second-order valence-corrected chi connectivity index (χ2v) is 7.35. The summed E-state index contributed by atoms with van der Waals surface area (Å²) in [6, 6.07) is 11.1. The third kappa shape index (κ3) is 5.23. The number of hydrogen-bond donors (Lipinski definition) is 0. The second kappa shape index (κ2) is 8.91. The molecule has 0 N–H and O–H groups in total. The van der Waals surface area contributed by atoms with E-state index in [-0.39, 0.29) is 0 Å². The quantitative estimate of drug-likeness (QED) is 0.681. The summed E-state index contributed by atoms with van der Waals surface area (Å²) in [4.78, 5) is 0. The predicted molar refractivity (Wildman–Crippen MR) is 91.1 cm³/mol. The fraction of sp³-hybridized carbons (Fsp3) is 0.333. The second-order valence-electron chi connectivity index (χ2n) is 5.35. The minimum atomic E-state index is -1.91. The zero-order valence-corrected chi connectivity index (χ0v) is 14.7. The Labute approximate surface area is 137 Å². The minimum Gasteiger partial charge on any atom is -0.393 e. The van der Waals surface area contributed by atoms with Crippen molar-refractivity contribution in [3.63, 3.8) is 0 Å². The van der Waals surface area contributed by atoms with Crippen molar-refractivity contribution in [2.24, 2.45) is 0 Å². The molecule has 5 heteroatoms. The van der Waals surface area contributed by atoms with Crippen molar-refractivity contribution in [2.75, 3.05) is 13.2 Å². The van der Waals surface area contributed by atoms with Gasteiger partial charge in [0, 0.05) is 19.3 Å². The number of hydrogen-bond acceptors (Lipinski definition) is 2. The van der Waals surface area contributed by atoms with Crippen LogP contribution in [0.5, 0.6) is 0 Å². The molecule has 0 radical (unpaired) electrons. The van der Waals surface area contributed by atoms with Crippen LogP contribution in [0.25, 0.3) is 11.1 Å². The molecule has 23 heavy (non-hydrogen) atoms. The zero-order chi connectivity index (χ0) is 16.7. The van der Waals surface area contributed by atoms with Crippen molar-refractivity contribution in [1.82, 2.24) is 0 Å². The molecule has 2 aromatic carbocycles. The SMILES string of the molecule is CCCO[SiH](OCCC)c1ccc(-c2cc(F)cc(F)c2)cc1. The van der Waals surface area contributed by atoms with Crippen LogP contribution in [0.15, 0.2) is 42.5 Å². The van der Waals surface area contributed by atoms with E-state index in [1.165, 1.54) is 12.1 Å². The molecular weight excluding hydrogens is 314 g/mol. The highest BCUT2D eigenvalue weighted by Crippen LogP contribution is 2.21. The number of halogens is 2. The van der Waals surface area contributed by atoms with Gasteiger partial charge in [0.1, 0.15) is 11.6 Å². The van der Waals surface area contributed by atoms with Crippen LogP contribution in [0.3, 0.4) is 0 Å². The Morgan fingerprint density at radius 3 is 1.78 bits per heavy atom. The third-order valence-electron chi connectivity index (χ3n) is 3.33. The normalized spacial score (nSPS) is 11.2. The lowest BCUT2D eigenvalue weighted by Gasteiger charge is -2.17. The van der Waals surface area contributed by atoms with E-state index in [1.807, 2.05) is 24.3 Å². The van der Waals surface area contributed by atoms with Crippen molar-refractivity contribution in [3.05, 3.63) is 54.1 Å². The molecule has 0 saturated heterocycles. The maximum Gasteiger partial charge on any atom is 0.355 e. The molecule has 0 heterocycles. The summed E-state index contributed by atoms with van der Waals surface area (Å²) in [6.45, 7) is 5.48. The zero-order valence-electron chi connectivity index (χ0n) is 13.5. The monoisotopic (exact) mass is 336 g/mol. The molecule has 124 valence electrons. The first kappa shape index (κ1) is 17.8. The molecule has 0 unspecified atom stereocenters. The smallest absolute Gasteiger partial charge is 0.355 e. The minimum absolute atomic E-state index is 0.524. The average molecular weight is 336 g/mol. The molecule has 2 nitrogen and oxygen atoms in total. The van der Waals surface area contributed by atoms with Crippen molar-refractivity contribution < 1.29 is 17.6 Å². The highest BCUT2D eigenvalue weighted by molar-refractivity contribution is 6.61. The van der Waals surface area contributed by atoms with E-state index >= 15 is 0 Å². The van der Waals surface area contributed by atoms with Gasteiger partial charge in [-0.05, 0) is 41.3 Å². The molecule has 0 aliphatic carbocycles. The molecular formula is C18H22F2O2Si. The molecule has 2 rings (SSSR count). The van der Waals surface area contributed by atoms with Crippen LogP contribution in [0.4, 0.5) is 8.78 Å². The van der Waals surface area contributed by atoms with Crippen LogP contribution in [0, 0.1) is 11.6 Å². The first-order chi connectivity index (χ1) is 11.1. The van der Waals surface area contributed by atoms with Crippen LogP contribution in [-0.4, -0.2) is 22.5 Å². The van der Waals surface area contributed by atoms with Gasteiger partial charge in [0.25, 0.3) is 0 Å². The first-order valence-electron chi connectivity index (χ1n) is 7.93. The van der Waals surface area contributed by atoms with Gasteiger partial charge in [-0.2, -0.15) is 0 Å². The Balaban J connectivity index is 2.18. The Morgan fingerprint density at radius 1 is 0.783 bits per heavy atom. The summed E-state index contributed by atoms with van der Waals surface area (Å²) in [5.74, 6) is -1.15. The first-order valence-corrected chi connectivity index (χ1v) is 9.45. The van der Waals surface area contributed by atoms with E-state index in [0.29, 0.717) is 18.8 Å². The maximum atomic E-state index is 13.3. The maximum absolute atomic E-state index is 13.3. The molecule has 0 atom stereocenters. The van der Waals surface area contributed by atoms with E-state index in [4.69, 9.17) is 8.85 Å². The van der Waals surface area contributed by atoms with Crippen molar-refractivity contribution >= 4 is 14.5 Å². The van der Waals surface area contributed by atoms with Crippen LogP contribution in [-0.2, 0) is 8.85 Å². The average Bonchev–Trinajstić information content (AvgIpc) is 2.54. The molecule has 0 aromatic heterocycles. The van der Waals surface area contributed by atoms with E-state index in [0.717, 1.165) is 29.7 Å². The Bertz CT molecular complexity index is 589. The summed E-state index contributed by atoms with van der Waals surface area (Å²) in [5.41, 5.74) is 1.29. The highest BCUT2D eigenvalue weighted by atomic mass is 28.3. The Kier molecular flexibility index (Phi) is 6.89. The van der Waals surface area contributed by atoms with Gasteiger partial charge in [-0.15, -0.1) is 0 Å².